The lowest BCUT2D eigenvalue weighted by atomic mass is 10.0. The average molecular weight is 173 g/mol. The fourth-order valence-electron chi connectivity index (χ4n) is 1.08. The molecule has 0 aliphatic carbocycles. The van der Waals surface area contributed by atoms with Crippen molar-refractivity contribution in [1.29, 1.82) is 0 Å². The summed E-state index contributed by atoms with van der Waals surface area (Å²) in [5.41, 5.74) is 0. The van der Waals surface area contributed by atoms with Gasteiger partial charge in [-0.25, -0.2) is 0 Å². The van der Waals surface area contributed by atoms with Crippen LogP contribution >= 0.6 is 0 Å². The third-order valence-corrected chi connectivity index (χ3v) is 1.90. The molecular formula is C9H19NO2. The third-order valence-electron chi connectivity index (χ3n) is 1.90. The van der Waals surface area contributed by atoms with E-state index in [-0.39, 0.29) is 5.92 Å². The van der Waals surface area contributed by atoms with Crippen LogP contribution in [0.1, 0.15) is 33.1 Å². The molecule has 0 aromatic heterocycles. The molecule has 0 heterocycles. The molecule has 0 aromatic rings. The molecule has 0 radical (unpaired) electrons. The predicted molar refractivity (Wildman–Crippen MR) is 49.2 cm³/mol. The van der Waals surface area contributed by atoms with Gasteiger partial charge in [-0.1, -0.05) is 26.7 Å². The summed E-state index contributed by atoms with van der Waals surface area (Å²) >= 11 is 0. The van der Waals surface area contributed by atoms with Gasteiger partial charge < -0.3 is 10.4 Å². The summed E-state index contributed by atoms with van der Waals surface area (Å²) in [4.78, 5) is 10.7. The van der Waals surface area contributed by atoms with Crippen LogP contribution in [0.15, 0.2) is 0 Å². The van der Waals surface area contributed by atoms with E-state index in [4.69, 9.17) is 5.11 Å². The maximum Gasteiger partial charge on any atom is 0.307 e. The Bertz CT molecular complexity index is 118. The van der Waals surface area contributed by atoms with Crippen LogP contribution in [-0.4, -0.2) is 24.2 Å². The molecule has 0 aliphatic heterocycles. The largest absolute Gasteiger partial charge is 0.481 e. The number of hydrogen-bond acceptors (Lipinski definition) is 2. The lowest BCUT2D eigenvalue weighted by Gasteiger charge is -2.11. The second-order valence-corrected chi connectivity index (χ2v) is 2.99. The molecule has 0 aliphatic rings. The summed E-state index contributed by atoms with van der Waals surface area (Å²) in [6.07, 6.45) is 2.86. The van der Waals surface area contributed by atoms with Gasteiger partial charge >= 0.3 is 5.97 Å². The lowest BCUT2D eigenvalue weighted by Crippen LogP contribution is -2.28. The summed E-state index contributed by atoms with van der Waals surface area (Å²) in [7, 11) is 0. The van der Waals surface area contributed by atoms with Crippen molar-refractivity contribution in [2.24, 2.45) is 5.92 Å². The zero-order chi connectivity index (χ0) is 9.40. The number of hydrogen-bond donors (Lipinski definition) is 2. The summed E-state index contributed by atoms with van der Waals surface area (Å²) < 4.78 is 0. The van der Waals surface area contributed by atoms with E-state index in [1.807, 2.05) is 6.92 Å². The molecule has 3 heteroatoms. The highest BCUT2D eigenvalue weighted by atomic mass is 16.4. The molecule has 0 bridgehead atoms. The third kappa shape index (κ3) is 5.13. The molecule has 0 saturated heterocycles. The Hall–Kier alpha value is -0.570. The van der Waals surface area contributed by atoms with Crippen molar-refractivity contribution < 1.29 is 9.90 Å². The van der Waals surface area contributed by atoms with E-state index in [9.17, 15) is 4.79 Å². The van der Waals surface area contributed by atoms with Gasteiger partial charge in [0.2, 0.25) is 0 Å². The summed E-state index contributed by atoms with van der Waals surface area (Å²) in [6.45, 7) is 5.51. The monoisotopic (exact) mass is 173 g/mol. The highest BCUT2D eigenvalue weighted by Gasteiger charge is 2.15. The molecule has 0 saturated carbocycles. The van der Waals surface area contributed by atoms with E-state index < -0.39 is 5.97 Å². The number of aliphatic carboxylic acids is 1. The van der Waals surface area contributed by atoms with Crippen LogP contribution in [0.4, 0.5) is 0 Å². The van der Waals surface area contributed by atoms with Gasteiger partial charge in [0, 0.05) is 6.54 Å². The van der Waals surface area contributed by atoms with E-state index in [1.54, 1.807) is 0 Å². The van der Waals surface area contributed by atoms with Gasteiger partial charge in [-0.05, 0) is 13.0 Å². The summed E-state index contributed by atoms with van der Waals surface area (Å²) in [6, 6.07) is 0. The molecule has 2 N–H and O–H groups in total. The fourth-order valence-corrected chi connectivity index (χ4v) is 1.08. The minimum atomic E-state index is -0.676. The lowest BCUT2D eigenvalue weighted by molar-refractivity contribution is -0.141. The first-order valence-electron chi connectivity index (χ1n) is 4.65. The molecule has 3 nitrogen and oxygen atoms in total. The first kappa shape index (κ1) is 11.4. The molecule has 12 heavy (non-hydrogen) atoms. The van der Waals surface area contributed by atoms with Crippen LogP contribution in [0.2, 0.25) is 0 Å². The van der Waals surface area contributed by atoms with Gasteiger partial charge in [-0.3, -0.25) is 4.79 Å². The van der Waals surface area contributed by atoms with Gasteiger partial charge in [0.1, 0.15) is 0 Å². The van der Waals surface area contributed by atoms with Crippen molar-refractivity contribution in [3.63, 3.8) is 0 Å². The van der Waals surface area contributed by atoms with Crippen molar-refractivity contribution >= 4 is 5.97 Å². The Labute approximate surface area is 74.2 Å². The Morgan fingerprint density at radius 2 is 2.17 bits per heavy atom. The van der Waals surface area contributed by atoms with Crippen LogP contribution in [-0.2, 0) is 4.79 Å². The van der Waals surface area contributed by atoms with E-state index >= 15 is 0 Å². The van der Waals surface area contributed by atoms with Crippen LogP contribution in [0.3, 0.4) is 0 Å². The zero-order valence-corrected chi connectivity index (χ0v) is 7.97. The highest BCUT2D eigenvalue weighted by Crippen LogP contribution is 2.07. The first-order valence-corrected chi connectivity index (χ1v) is 4.65. The molecule has 0 aromatic carbocycles. The Morgan fingerprint density at radius 1 is 1.50 bits per heavy atom. The Balaban J connectivity index is 3.62. The minimum Gasteiger partial charge on any atom is -0.481 e. The molecule has 0 rings (SSSR count). The SMILES string of the molecule is CCCCC(CNCC)C(=O)O. The molecule has 1 atom stereocenters. The number of carboxylic acid groups (broad SMARTS) is 1. The Morgan fingerprint density at radius 3 is 2.58 bits per heavy atom. The first-order chi connectivity index (χ1) is 5.72. The van der Waals surface area contributed by atoms with Crippen LogP contribution in [0.5, 0.6) is 0 Å². The normalized spacial score (nSPS) is 12.8. The van der Waals surface area contributed by atoms with E-state index in [0.29, 0.717) is 6.54 Å². The fraction of sp³-hybridized carbons (Fsp3) is 0.889. The van der Waals surface area contributed by atoms with Crippen molar-refractivity contribution in [1.82, 2.24) is 5.32 Å². The maximum atomic E-state index is 10.7. The van der Waals surface area contributed by atoms with Crippen molar-refractivity contribution in [2.75, 3.05) is 13.1 Å². The zero-order valence-electron chi connectivity index (χ0n) is 7.97. The standard InChI is InChI=1S/C9H19NO2/c1-3-5-6-8(9(11)12)7-10-4-2/h8,10H,3-7H2,1-2H3,(H,11,12). The predicted octanol–water partition coefficient (Wildman–Crippen LogP) is 1.49. The van der Waals surface area contributed by atoms with Crippen LogP contribution in [0, 0.1) is 5.92 Å². The van der Waals surface area contributed by atoms with Gasteiger partial charge in [-0.2, -0.15) is 0 Å². The minimum absolute atomic E-state index is 0.204. The molecule has 1 unspecified atom stereocenters. The average Bonchev–Trinajstić information content (AvgIpc) is 2.04. The molecule has 72 valence electrons. The Kier molecular flexibility index (Phi) is 6.76. The highest BCUT2D eigenvalue weighted by molar-refractivity contribution is 5.70. The van der Waals surface area contributed by atoms with Gasteiger partial charge in [0.05, 0.1) is 5.92 Å². The number of rotatable bonds is 7. The number of nitrogens with one attached hydrogen (secondary N) is 1. The maximum absolute atomic E-state index is 10.7. The van der Waals surface area contributed by atoms with E-state index in [2.05, 4.69) is 12.2 Å². The van der Waals surface area contributed by atoms with Crippen LogP contribution < -0.4 is 5.32 Å². The second-order valence-electron chi connectivity index (χ2n) is 2.99. The number of carboxylic acids is 1. The van der Waals surface area contributed by atoms with Gasteiger partial charge in [-0.15, -0.1) is 0 Å². The molecule has 0 spiro atoms. The topological polar surface area (TPSA) is 49.3 Å². The molecule has 0 fully saturated rings. The number of unbranched alkanes of at least 4 members (excludes halogenated alkanes) is 1. The quantitative estimate of drug-likeness (QED) is 0.613. The van der Waals surface area contributed by atoms with E-state index in [1.165, 1.54) is 0 Å². The van der Waals surface area contributed by atoms with E-state index in [0.717, 1.165) is 25.8 Å². The summed E-state index contributed by atoms with van der Waals surface area (Å²) in [5, 5.41) is 11.8. The van der Waals surface area contributed by atoms with Gasteiger partial charge in [0.25, 0.3) is 0 Å². The van der Waals surface area contributed by atoms with Crippen LogP contribution in [0.25, 0.3) is 0 Å². The molecular weight excluding hydrogens is 154 g/mol. The second kappa shape index (κ2) is 7.10. The smallest absolute Gasteiger partial charge is 0.307 e. The van der Waals surface area contributed by atoms with Crippen molar-refractivity contribution in [3.8, 4) is 0 Å². The van der Waals surface area contributed by atoms with Gasteiger partial charge in [0.15, 0.2) is 0 Å². The van der Waals surface area contributed by atoms with Crippen molar-refractivity contribution in [2.45, 2.75) is 33.1 Å². The number of carbonyl (C=O) groups is 1. The summed E-state index contributed by atoms with van der Waals surface area (Å²) in [5.74, 6) is -0.880. The molecule has 0 amide bonds. The van der Waals surface area contributed by atoms with Crippen molar-refractivity contribution in [3.05, 3.63) is 0 Å².